The minimum atomic E-state index is -0.426. The SMILES string of the molecule is Cc1cc(/C=C/CNCCC(=O)OCl)ccc1OCCCCc1ccccc1. The standard InChI is InChI=1S/C23H28ClNO3/c1-19-18-21(11-7-15-25-16-14-23(26)28-24)12-13-22(19)27-17-6-5-10-20-8-3-2-4-9-20/h2-4,7-9,11-13,18,25H,5-6,10,14-17H2,1H3/b11-7+. The van der Waals surface area contributed by atoms with E-state index in [0.29, 0.717) is 13.1 Å². The number of ether oxygens (including phenoxy) is 1. The maximum atomic E-state index is 10.9. The molecule has 0 aliphatic carbocycles. The van der Waals surface area contributed by atoms with Gasteiger partial charge in [0.15, 0.2) is 0 Å². The maximum absolute atomic E-state index is 10.9. The number of carbonyl (C=O) groups is 1. The first-order valence-corrected chi connectivity index (χ1v) is 9.96. The minimum Gasteiger partial charge on any atom is -0.493 e. The molecule has 1 N–H and O–H groups in total. The molecule has 4 nitrogen and oxygen atoms in total. The molecule has 0 aliphatic rings. The first kappa shape index (κ1) is 22.0. The number of rotatable bonds is 12. The Morgan fingerprint density at radius 2 is 1.96 bits per heavy atom. The summed E-state index contributed by atoms with van der Waals surface area (Å²) in [7, 11) is 0. The van der Waals surface area contributed by atoms with E-state index < -0.39 is 5.97 Å². The third kappa shape index (κ3) is 8.59. The van der Waals surface area contributed by atoms with E-state index in [0.717, 1.165) is 42.7 Å². The van der Waals surface area contributed by atoms with Crippen molar-refractivity contribution in [3.05, 3.63) is 71.3 Å². The second-order valence-corrected chi connectivity index (χ2v) is 6.78. The number of nitrogens with one attached hydrogen (secondary N) is 1. The summed E-state index contributed by atoms with van der Waals surface area (Å²) in [6.07, 6.45) is 7.58. The first-order chi connectivity index (χ1) is 13.7. The lowest BCUT2D eigenvalue weighted by Crippen LogP contribution is -2.18. The molecule has 5 heteroatoms. The fourth-order valence-electron chi connectivity index (χ4n) is 2.81. The van der Waals surface area contributed by atoms with Gasteiger partial charge in [-0.1, -0.05) is 48.6 Å². The Bertz CT molecular complexity index is 747. The summed E-state index contributed by atoms with van der Waals surface area (Å²) in [5.41, 5.74) is 3.63. The number of unbranched alkanes of at least 4 members (excludes halogenated alkanes) is 1. The fraction of sp³-hybridized carbons (Fsp3) is 0.348. The van der Waals surface area contributed by atoms with Crippen molar-refractivity contribution in [2.75, 3.05) is 19.7 Å². The summed E-state index contributed by atoms with van der Waals surface area (Å²) >= 11 is 4.97. The van der Waals surface area contributed by atoms with Crippen molar-refractivity contribution in [1.82, 2.24) is 5.32 Å². The van der Waals surface area contributed by atoms with Crippen LogP contribution in [-0.4, -0.2) is 25.7 Å². The predicted octanol–water partition coefficient (Wildman–Crippen LogP) is 5.09. The lowest BCUT2D eigenvalue weighted by Gasteiger charge is -2.10. The molecule has 0 fully saturated rings. The molecular weight excluding hydrogens is 374 g/mol. The zero-order valence-corrected chi connectivity index (χ0v) is 17.1. The summed E-state index contributed by atoms with van der Waals surface area (Å²) in [4.78, 5) is 10.9. The molecule has 2 aromatic carbocycles. The Morgan fingerprint density at radius 1 is 1.14 bits per heavy atom. The molecule has 0 atom stereocenters. The topological polar surface area (TPSA) is 47.6 Å². The summed E-state index contributed by atoms with van der Waals surface area (Å²) in [5, 5.41) is 3.13. The molecule has 0 saturated heterocycles. The normalized spacial score (nSPS) is 10.9. The second kappa shape index (κ2) is 13.0. The molecule has 0 aromatic heterocycles. The van der Waals surface area contributed by atoms with Crippen molar-refractivity contribution in [3.8, 4) is 5.75 Å². The average Bonchev–Trinajstić information content (AvgIpc) is 2.72. The molecule has 150 valence electrons. The Morgan fingerprint density at radius 3 is 2.71 bits per heavy atom. The van der Waals surface area contributed by atoms with Gasteiger partial charge in [-0.2, -0.15) is 0 Å². The molecule has 2 aromatic rings. The highest BCUT2D eigenvalue weighted by Gasteiger charge is 2.01. The highest BCUT2D eigenvalue weighted by Crippen LogP contribution is 2.20. The number of benzene rings is 2. The maximum Gasteiger partial charge on any atom is 0.326 e. The van der Waals surface area contributed by atoms with Gasteiger partial charge in [-0.15, -0.1) is 0 Å². The molecule has 0 heterocycles. The van der Waals surface area contributed by atoms with Crippen LogP contribution in [0, 0.1) is 6.92 Å². The Balaban J connectivity index is 1.65. The third-order valence-corrected chi connectivity index (χ3v) is 4.50. The van der Waals surface area contributed by atoms with Crippen LogP contribution < -0.4 is 10.1 Å². The summed E-state index contributed by atoms with van der Waals surface area (Å²) in [6.45, 7) is 4.00. The van der Waals surface area contributed by atoms with Crippen LogP contribution in [0.25, 0.3) is 6.08 Å². The van der Waals surface area contributed by atoms with Gasteiger partial charge in [-0.3, -0.25) is 4.79 Å². The van der Waals surface area contributed by atoms with Gasteiger partial charge in [0.2, 0.25) is 0 Å². The number of carbonyl (C=O) groups excluding carboxylic acids is 1. The zero-order chi connectivity index (χ0) is 20.0. The van der Waals surface area contributed by atoms with E-state index in [1.165, 1.54) is 5.56 Å². The molecule has 0 spiro atoms. The highest BCUT2D eigenvalue weighted by molar-refractivity contribution is 6.13. The molecule has 0 saturated carbocycles. The highest BCUT2D eigenvalue weighted by atomic mass is 35.5. The van der Waals surface area contributed by atoms with Crippen molar-refractivity contribution in [3.63, 3.8) is 0 Å². The third-order valence-electron chi connectivity index (χ3n) is 4.32. The Labute approximate surface area is 172 Å². The van der Waals surface area contributed by atoms with Crippen LogP contribution in [0.4, 0.5) is 0 Å². The molecular formula is C23H28ClNO3. The van der Waals surface area contributed by atoms with Gasteiger partial charge in [0.05, 0.1) is 13.0 Å². The smallest absolute Gasteiger partial charge is 0.326 e. The van der Waals surface area contributed by atoms with Crippen LogP contribution in [0.1, 0.15) is 36.0 Å². The van der Waals surface area contributed by atoms with Crippen molar-refractivity contribution >= 4 is 23.9 Å². The summed E-state index contributed by atoms with van der Waals surface area (Å²) in [6, 6.07) is 16.7. The van der Waals surface area contributed by atoms with E-state index in [-0.39, 0.29) is 6.42 Å². The van der Waals surface area contributed by atoms with Crippen LogP contribution in [0.2, 0.25) is 0 Å². The van der Waals surface area contributed by atoms with Gasteiger partial charge in [-0.05, 0) is 55.0 Å². The molecule has 28 heavy (non-hydrogen) atoms. The first-order valence-electron chi connectivity index (χ1n) is 9.65. The van der Waals surface area contributed by atoms with E-state index in [2.05, 4.69) is 46.9 Å². The fourth-order valence-corrected chi connectivity index (χ4v) is 2.88. The van der Waals surface area contributed by atoms with Gasteiger partial charge in [-0.25, -0.2) is 0 Å². The Hall–Kier alpha value is -2.30. The molecule has 0 unspecified atom stereocenters. The monoisotopic (exact) mass is 401 g/mol. The minimum absolute atomic E-state index is 0.258. The lowest BCUT2D eigenvalue weighted by atomic mass is 10.1. The van der Waals surface area contributed by atoms with E-state index in [1.54, 1.807) is 0 Å². The van der Waals surface area contributed by atoms with Crippen molar-refractivity contribution in [1.29, 1.82) is 0 Å². The van der Waals surface area contributed by atoms with Crippen LogP contribution in [0.3, 0.4) is 0 Å². The van der Waals surface area contributed by atoms with Crippen LogP contribution in [0.15, 0.2) is 54.6 Å². The Kier molecular flexibility index (Phi) is 10.2. The molecule has 0 aliphatic heterocycles. The van der Waals surface area contributed by atoms with Crippen molar-refractivity contribution in [2.24, 2.45) is 0 Å². The van der Waals surface area contributed by atoms with Gasteiger partial charge in [0.25, 0.3) is 0 Å². The molecule has 2 rings (SSSR count). The van der Waals surface area contributed by atoms with Crippen LogP contribution in [-0.2, 0) is 15.5 Å². The average molecular weight is 402 g/mol. The van der Waals surface area contributed by atoms with Crippen molar-refractivity contribution < 1.29 is 13.8 Å². The van der Waals surface area contributed by atoms with Gasteiger partial charge in [0, 0.05) is 13.1 Å². The number of hydrogen-bond acceptors (Lipinski definition) is 4. The summed E-state index contributed by atoms with van der Waals surface area (Å²) in [5.74, 6) is 0.513. The number of halogens is 1. The quantitative estimate of drug-likeness (QED) is 0.503. The molecule has 0 radical (unpaired) electrons. The number of aryl methyl sites for hydroxylation is 2. The largest absolute Gasteiger partial charge is 0.493 e. The zero-order valence-electron chi connectivity index (χ0n) is 16.3. The summed E-state index contributed by atoms with van der Waals surface area (Å²) < 4.78 is 10.0. The van der Waals surface area contributed by atoms with E-state index in [9.17, 15) is 4.79 Å². The lowest BCUT2D eigenvalue weighted by molar-refractivity contribution is -0.133. The molecule has 0 bridgehead atoms. The van der Waals surface area contributed by atoms with Gasteiger partial charge < -0.3 is 14.3 Å². The van der Waals surface area contributed by atoms with E-state index in [1.807, 2.05) is 30.4 Å². The predicted molar refractivity (Wildman–Crippen MR) is 115 cm³/mol. The van der Waals surface area contributed by atoms with Gasteiger partial charge >= 0.3 is 5.97 Å². The number of hydrogen-bond donors (Lipinski definition) is 1. The van der Waals surface area contributed by atoms with Gasteiger partial charge in [0.1, 0.15) is 17.6 Å². The van der Waals surface area contributed by atoms with Crippen LogP contribution in [0.5, 0.6) is 5.75 Å². The van der Waals surface area contributed by atoms with E-state index >= 15 is 0 Å². The molecule has 0 amide bonds. The van der Waals surface area contributed by atoms with Crippen molar-refractivity contribution in [2.45, 2.75) is 32.6 Å². The second-order valence-electron chi connectivity index (χ2n) is 6.62. The van der Waals surface area contributed by atoms with E-state index in [4.69, 9.17) is 16.6 Å². The van der Waals surface area contributed by atoms with Crippen LogP contribution >= 0.6 is 11.9 Å².